The van der Waals surface area contributed by atoms with Gasteiger partial charge in [-0.2, -0.15) is 5.26 Å². The lowest BCUT2D eigenvalue weighted by Crippen LogP contribution is -2.26. The van der Waals surface area contributed by atoms with Crippen LogP contribution in [0.15, 0.2) is 65.7 Å². The summed E-state index contributed by atoms with van der Waals surface area (Å²) in [6, 6.07) is 13.6. The van der Waals surface area contributed by atoms with Crippen LogP contribution in [0.4, 0.5) is 0 Å². The first-order chi connectivity index (χ1) is 12.7. The van der Waals surface area contributed by atoms with Crippen LogP contribution in [0, 0.1) is 11.3 Å². The molecule has 4 rings (SSSR count). The SMILES string of the molecule is COc1cccc([C@@H]2C(C#N)=C(n3cccc3)OC3=C2C(=O)CCC3)c1. The standard InChI is InChI=1S/C21H18N2O3/c1-25-15-7-4-6-14(12-15)19-16(13-22)21(23-10-2-3-11-23)26-18-9-5-8-17(24)20(18)19/h2-4,6-7,10-12,19H,5,8-9H2,1H3/t19-/m1/s1. The van der Waals surface area contributed by atoms with Crippen LogP contribution >= 0.6 is 0 Å². The molecule has 2 heterocycles. The Morgan fingerprint density at radius 3 is 2.77 bits per heavy atom. The molecule has 0 spiro atoms. The smallest absolute Gasteiger partial charge is 0.218 e. The van der Waals surface area contributed by atoms with Gasteiger partial charge in [0.2, 0.25) is 5.88 Å². The number of carbonyl (C=O) groups excluding carboxylic acids is 1. The largest absolute Gasteiger partial charge is 0.497 e. The van der Waals surface area contributed by atoms with Gasteiger partial charge < -0.3 is 9.47 Å². The normalized spacial score (nSPS) is 19.7. The zero-order valence-corrected chi connectivity index (χ0v) is 14.4. The van der Waals surface area contributed by atoms with Gasteiger partial charge in [-0.1, -0.05) is 12.1 Å². The van der Waals surface area contributed by atoms with Gasteiger partial charge in [-0.05, 0) is 36.2 Å². The number of benzene rings is 1. The molecule has 0 saturated carbocycles. The highest BCUT2D eigenvalue weighted by molar-refractivity contribution is 6.00. The van der Waals surface area contributed by atoms with Crippen LogP contribution < -0.4 is 4.74 Å². The minimum Gasteiger partial charge on any atom is -0.497 e. The average Bonchev–Trinajstić information content (AvgIpc) is 3.21. The molecular weight excluding hydrogens is 328 g/mol. The van der Waals surface area contributed by atoms with Crippen LogP contribution in [0.25, 0.3) is 5.88 Å². The second kappa shape index (κ2) is 6.57. The van der Waals surface area contributed by atoms with Crippen molar-refractivity contribution in [1.82, 2.24) is 4.57 Å². The molecule has 1 aromatic carbocycles. The van der Waals surface area contributed by atoms with E-state index in [0.29, 0.717) is 41.4 Å². The fourth-order valence-electron chi connectivity index (χ4n) is 3.63. The van der Waals surface area contributed by atoms with Crippen molar-refractivity contribution in [3.63, 3.8) is 0 Å². The number of carbonyl (C=O) groups is 1. The first-order valence-corrected chi connectivity index (χ1v) is 8.58. The lowest BCUT2D eigenvalue weighted by molar-refractivity contribution is -0.116. The number of aromatic nitrogens is 1. The van der Waals surface area contributed by atoms with E-state index >= 15 is 0 Å². The molecule has 130 valence electrons. The van der Waals surface area contributed by atoms with Crippen molar-refractivity contribution in [3.05, 3.63) is 71.3 Å². The van der Waals surface area contributed by atoms with Crippen LogP contribution in [0.1, 0.15) is 30.7 Å². The van der Waals surface area contributed by atoms with E-state index in [0.717, 1.165) is 12.0 Å². The van der Waals surface area contributed by atoms with Crippen molar-refractivity contribution in [2.75, 3.05) is 7.11 Å². The van der Waals surface area contributed by atoms with Crippen molar-refractivity contribution < 1.29 is 14.3 Å². The molecule has 0 N–H and O–H groups in total. The monoisotopic (exact) mass is 346 g/mol. The summed E-state index contributed by atoms with van der Waals surface area (Å²) in [4.78, 5) is 12.7. The first-order valence-electron chi connectivity index (χ1n) is 8.58. The van der Waals surface area contributed by atoms with Crippen LogP contribution in [-0.2, 0) is 9.53 Å². The fraction of sp³-hybridized carbons (Fsp3) is 0.238. The quantitative estimate of drug-likeness (QED) is 0.842. The summed E-state index contributed by atoms with van der Waals surface area (Å²) >= 11 is 0. The second-order valence-electron chi connectivity index (χ2n) is 6.35. The third-order valence-corrected chi connectivity index (χ3v) is 4.82. The van der Waals surface area contributed by atoms with E-state index in [1.54, 1.807) is 11.7 Å². The molecule has 2 aromatic rings. The number of hydrogen-bond acceptors (Lipinski definition) is 4. The van der Waals surface area contributed by atoms with Gasteiger partial charge in [-0.3, -0.25) is 9.36 Å². The molecule has 0 bridgehead atoms. The summed E-state index contributed by atoms with van der Waals surface area (Å²) in [5.74, 6) is 1.46. The van der Waals surface area contributed by atoms with E-state index in [4.69, 9.17) is 9.47 Å². The Bertz CT molecular complexity index is 961. The Kier molecular flexibility index (Phi) is 4.10. The van der Waals surface area contributed by atoms with E-state index in [1.807, 2.05) is 48.8 Å². The van der Waals surface area contributed by atoms with Crippen molar-refractivity contribution in [2.24, 2.45) is 0 Å². The maximum atomic E-state index is 12.7. The van der Waals surface area contributed by atoms with Crippen molar-refractivity contribution >= 4 is 11.7 Å². The summed E-state index contributed by atoms with van der Waals surface area (Å²) in [6.07, 6.45) is 5.63. The molecule has 1 aromatic heterocycles. The first kappa shape index (κ1) is 16.2. The molecule has 0 fully saturated rings. The molecule has 1 atom stereocenters. The van der Waals surface area contributed by atoms with Crippen LogP contribution in [0.3, 0.4) is 0 Å². The topological polar surface area (TPSA) is 64.2 Å². The van der Waals surface area contributed by atoms with E-state index in [2.05, 4.69) is 6.07 Å². The van der Waals surface area contributed by atoms with Gasteiger partial charge in [0.15, 0.2) is 5.78 Å². The van der Waals surface area contributed by atoms with Gasteiger partial charge >= 0.3 is 0 Å². The Hall–Kier alpha value is -3.26. The number of methoxy groups -OCH3 is 1. The maximum Gasteiger partial charge on any atom is 0.218 e. The minimum atomic E-state index is -0.441. The zero-order chi connectivity index (χ0) is 18.1. The number of rotatable bonds is 3. The van der Waals surface area contributed by atoms with Crippen molar-refractivity contribution in [2.45, 2.75) is 25.2 Å². The van der Waals surface area contributed by atoms with E-state index in [-0.39, 0.29) is 5.78 Å². The average molecular weight is 346 g/mol. The molecular formula is C21H18N2O3. The predicted octanol–water partition coefficient (Wildman–Crippen LogP) is 4.01. The lowest BCUT2D eigenvalue weighted by atomic mass is 9.77. The molecule has 5 nitrogen and oxygen atoms in total. The van der Waals surface area contributed by atoms with Gasteiger partial charge in [0, 0.05) is 30.8 Å². The molecule has 1 aliphatic heterocycles. The minimum absolute atomic E-state index is 0.0541. The summed E-state index contributed by atoms with van der Waals surface area (Å²) in [5, 5.41) is 9.93. The van der Waals surface area contributed by atoms with E-state index < -0.39 is 5.92 Å². The Morgan fingerprint density at radius 2 is 2.04 bits per heavy atom. The maximum absolute atomic E-state index is 12.7. The van der Waals surface area contributed by atoms with E-state index in [9.17, 15) is 10.1 Å². The third-order valence-electron chi connectivity index (χ3n) is 4.82. The number of nitrogens with zero attached hydrogens (tertiary/aromatic N) is 2. The number of ether oxygens (including phenoxy) is 2. The number of hydrogen-bond donors (Lipinski definition) is 0. The zero-order valence-electron chi connectivity index (χ0n) is 14.4. The van der Waals surface area contributed by atoms with Crippen LogP contribution in [0.2, 0.25) is 0 Å². The molecule has 0 saturated heterocycles. The Morgan fingerprint density at radius 1 is 1.23 bits per heavy atom. The van der Waals surface area contributed by atoms with Gasteiger partial charge in [0.25, 0.3) is 0 Å². The molecule has 5 heteroatoms. The molecule has 0 radical (unpaired) electrons. The number of allylic oxidation sites excluding steroid dienone is 3. The number of nitriles is 1. The third kappa shape index (κ3) is 2.60. The van der Waals surface area contributed by atoms with E-state index in [1.165, 1.54) is 0 Å². The molecule has 0 unspecified atom stereocenters. The highest BCUT2D eigenvalue weighted by Gasteiger charge is 2.39. The van der Waals surface area contributed by atoms with Crippen LogP contribution in [-0.4, -0.2) is 17.5 Å². The predicted molar refractivity (Wildman–Crippen MR) is 96.0 cm³/mol. The van der Waals surface area contributed by atoms with Gasteiger partial charge in [-0.15, -0.1) is 0 Å². The molecule has 2 aliphatic rings. The lowest BCUT2D eigenvalue weighted by Gasteiger charge is -2.32. The highest BCUT2D eigenvalue weighted by Crippen LogP contribution is 2.45. The summed E-state index contributed by atoms with van der Waals surface area (Å²) in [7, 11) is 1.60. The number of ketones is 1. The van der Waals surface area contributed by atoms with Gasteiger partial charge in [0.05, 0.1) is 13.0 Å². The second-order valence-corrected chi connectivity index (χ2v) is 6.35. The summed E-state index contributed by atoms with van der Waals surface area (Å²) in [5.41, 5.74) is 1.90. The Labute approximate surface area is 151 Å². The fourth-order valence-corrected chi connectivity index (χ4v) is 3.63. The molecule has 0 amide bonds. The highest BCUT2D eigenvalue weighted by atomic mass is 16.5. The van der Waals surface area contributed by atoms with Crippen molar-refractivity contribution in [3.8, 4) is 11.8 Å². The number of Topliss-reactive ketones (excluding diaryl/α,β-unsaturated/α-hetero) is 1. The van der Waals surface area contributed by atoms with Gasteiger partial charge in [-0.25, -0.2) is 0 Å². The van der Waals surface area contributed by atoms with Crippen LogP contribution in [0.5, 0.6) is 5.75 Å². The Balaban J connectivity index is 1.94. The summed E-state index contributed by atoms with van der Waals surface area (Å²) in [6.45, 7) is 0. The molecule has 1 aliphatic carbocycles. The van der Waals surface area contributed by atoms with Gasteiger partial charge in [0.1, 0.15) is 23.2 Å². The molecule has 26 heavy (non-hydrogen) atoms. The summed E-state index contributed by atoms with van der Waals surface area (Å²) < 4.78 is 13.2. The van der Waals surface area contributed by atoms with Crippen molar-refractivity contribution in [1.29, 1.82) is 5.26 Å².